The lowest BCUT2D eigenvalue weighted by Crippen LogP contribution is -2.49. The third-order valence-corrected chi connectivity index (χ3v) is 5.49. The van der Waals surface area contributed by atoms with E-state index >= 15 is 0 Å². The molecule has 1 N–H and O–H groups in total. The van der Waals surface area contributed by atoms with Gasteiger partial charge < -0.3 is 24.1 Å². The molecule has 0 radical (unpaired) electrons. The van der Waals surface area contributed by atoms with Crippen molar-refractivity contribution in [3.05, 3.63) is 41.5 Å². The molecule has 8 nitrogen and oxygen atoms in total. The third-order valence-electron chi connectivity index (χ3n) is 5.49. The Bertz CT molecular complexity index is 983. The summed E-state index contributed by atoms with van der Waals surface area (Å²) in [5, 5.41) is 19.6. The van der Waals surface area contributed by atoms with Crippen molar-refractivity contribution in [2.75, 3.05) is 32.2 Å². The van der Waals surface area contributed by atoms with Gasteiger partial charge in [0, 0.05) is 32.3 Å². The lowest BCUT2D eigenvalue weighted by Gasteiger charge is -2.37. The molecular weight excluding hydrogens is 409 g/mol. The minimum Gasteiger partial charge on any atom is -0.439 e. The van der Waals surface area contributed by atoms with Gasteiger partial charge in [0.05, 0.1) is 23.4 Å². The maximum atomic E-state index is 11.7. The number of nitrogens with zero attached hydrogens (tertiary/aromatic N) is 3. The number of rotatable bonds is 11. The van der Waals surface area contributed by atoms with Crippen LogP contribution in [0.25, 0.3) is 0 Å². The minimum absolute atomic E-state index is 0.162. The molecule has 0 spiro atoms. The first-order chi connectivity index (χ1) is 15.0. The Kier molecular flexibility index (Phi) is 8.39. The van der Waals surface area contributed by atoms with Crippen molar-refractivity contribution in [1.82, 2.24) is 4.98 Å². The first-order valence-electron chi connectivity index (χ1n) is 10.3. The zero-order chi connectivity index (χ0) is 23.9. The fourth-order valence-electron chi connectivity index (χ4n) is 2.63. The van der Waals surface area contributed by atoms with Crippen LogP contribution in [0.3, 0.4) is 0 Å². The van der Waals surface area contributed by atoms with Crippen LogP contribution in [-0.4, -0.2) is 62.4 Å². The minimum atomic E-state index is -1.05. The highest BCUT2D eigenvalue weighted by molar-refractivity contribution is 6.49. The summed E-state index contributed by atoms with van der Waals surface area (Å²) in [5.41, 5.74) is -0.337. The number of anilines is 1. The van der Waals surface area contributed by atoms with Crippen LogP contribution in [0.15, 0.2) is 30.3 Å². The molecule has 1 aromatic carbocycles. The number of carbonyl (C=O) groups is 1. The van der Waals surface area contributed by atoms with E-state index in [0.717, 1.165) is 6.29 Å². The SMILES string of the molecule is COCCN(C)c1nc(Oc2ccc(BOC(C)(C)C(C)(C)O)c(C=O)c2)ccc1C#N. The van der Waals surface area contributed by atoms with E-state index in [-0.39, 0.29) is 7.48 Å². The molecule has 1 heterocycles. The Balaban J connectivity index is 2.22. The molecule has 2 rings (SSSR count). The molecule has 170 valence electrons. The van der Waals surface area contributed by atoms with Crippen LogP contribution in [0.4, 0.5) is 5.82 Å². The Hall–Kier alpha value is -2.93. The number of aromatic nitrogens is 1. The molecule has 32 heavy (non-hydrogen) atoms. The van der Waals surface area contributed by atoms with Gasteiger partial charge in [-0.2, -0.15) is 10.2 Å². The third kappa shape index (κ3) is 6.30. The Morgan fingerprint density at radius 1 is 1.25 bits per heavy atom. The Morgan fingerprint density at radius 2 is 1.97 bits per heavy atom. The monoisotopic (exact) mass is 439 g/mol. The van der Waals surface area contributed by atoms with Crippen molar-refractivity contribution in [2.45, 2.75) is 38.9 Å². The van der Waals surface area contributed by atoms with Crippen LogP contribution in [0, 0.1) is 11.3 Å². The van der Waals surface area contributed by atoms with E-state index in [0.29, 0.717) is 47.2 Å². The van der Waals surface area contributed by atoms with E-state index in [2.05, 4.69) is 11.1 Å². The average Bonchev–Trinajstić information content (AvgIpc) is 2.75. The van der Waals surface area contributed by atoms with Gasteiger partial charge in [0.1, 0.15) is 23.9 Å². The fourth-order valence-corrected chi connectivity index (χ4v) is 2.63. The molecule has 0 unspecified atom stereocenters. The number of ether oxygens (including phenoxy) is 2. The first kappa shape index (κ1) is 25.3. The highest BCUT2D eigenvalue weighted by atomic mass is 16.5. The standard InChI is InChI=1S/C23H30BN3O5/c1-22(2,29)23(3,4)32-24-19-9-8-18(13-17(19)15-28)31-20-10-7-16(14-25)21(26-20)27(5)11-12-30-6/h7-10,13,15,24,29H,11-12H2,1-6H3. The predicted molar refractivity (Wildman–Crippen MR) is 124 cm³/mol. The van der Waals surface area contributed by atoms with Crippen molar-refractivity contribution in [3.8, 4) is 17.7 Å². The van der Waals surface area contributed by atoms with Gasteiger partial charge in [-0.15, -0.1) is 0 Å². The summed E-state index contributed by atoms with van der Waals surface area (Å²) in [6.07, 6.45) is 0.735. The summed E-state index contributed by atoms with van der Waals surface area (Å²) < 4.78 is 16.8. The number of nitriles is 1. The molecular formula is C23H30BN3O5. The topological polar surface area (TPSA) is 105 Å². The number of likely N-dealkylation sites (N-methyl/N-ethyl adjacent to an activating group) is 1. The van der Waals surface area contributed by atoms with Crippen LogP contribution in [0.2, 0.25) is 0 Å². The van der Waals surface area contributed by atoms with Crippen LogP contribution in [-0.2, 0) is 9.39 Å². The number of aliphatic hydroxyl groups is 1. The normalized spacial score (nSPS) is 11.6. The molecule has 2 aromatic rings. The number of pyridine rings is 1. The second-order valence-corrected chi connectivity index (χ2v) is 8.49. The smallest absolute Gasteiger partial charge is 0.310 e. The van der Waals surface area contributed by atoms with E-state index in [1.54, 1.807) is 65.1 Å². The van der Waals surface area contributed by atoms with Crippen molar-refractivity contribution >= 4 is 25.0 Å². The van der Waals surface area contributed by atoms with Crippen LogP contribution >= 0.6 is 0 Å². The Labute approximate surface area is 190 Å². The number of methoxy groups -OCH3 is 1. The Morgan fingerprint density at radius 3 is 2.56 bits per heavy atom. The summed E-state index contributed by atoms with van der Waals surface area (Å²) in [7, 11) is 3.59. The van der Waals surface area contributed by atoms with E-state index in [1.165, 1.54) is 0 Å². The summed E-state index contributed by atoms with van der Waals surface area (Å²) in [6.45, 7) is 8.00. The van der Waals surface area contributed by atoms with Gasteiger partial charge in [-0.25, -0.2) is 0 Å². The first-order valence-corrected chi connectivity index (χ1v) is 10.3. The molecule has 0 bridgehead atoms. The molecule has 0 fully saturated rings. The number of hydrogen-bond acceptors (Lipinski definition) is 8. The summed E-state index contributed by atoms with van der Waals surface area (Å²) >= 11 is 0. The molecule has 0 aliphatic rings. The molecule has 1 aromatic heterocycles. The van der Waals surface area contributed by atoms with Crippen LogP contribution < -0.4 is 15.1 Å². The lowest BCUT2D eigenvalue weighted by atomic mass is 9.80. The maximum Gasteiger partial charge on any atom is 0.310 e. The number of carbonyl (C=O) groups excluding carboxylic acids is 1. The molecule has 0 aliphatic heterocycles. The number of hydrogen-bond donors (Lipinski definition) is 1. The van der Waals surface area contributed by atoms with Gasteiger partial charge in [0.25, 0.3) is 0 Å². The molecule has 0 atom stereocenters. The van der Waals surface area contributed by atoms with Gasteiger partial charge in [0.2, 0.25) is 5.88 Å². The highest BCUT2D eigenvalue weighted by Gasteiger charge is 2.35. The molecule has 9 heteroatoms. The average molecular weight is 439 g/mol. The molecule has 0 saturated heterocycles. The summed E-state index contributed by atoms with van der Waals surface area (Å²) in [5.74, 6) is 1.21. The van der Waals surface area contributed by atoms with E-state index < -0.39 is 11.2 Å². The van der Waals surface area contributed by atoms with Crippen molar-refractivity contribution in [1.29, 1.82) is 5.26 Å². The van der Waals surface area contributed by atoms with Crippen LogP contribution in [0.1, 0.15) is 43.6 Å². The summed E-state index contributed by atoms with van der Waals surface area (Å²) in [4.78, 5) is 17.9. The van der Waals surface area contributed by atoms with Gasteiger partial charge in [0.15, 0.2) is 0 Å². The largest absolute Gasteiger partial charge is 0.439 e. The van der Waals surface area contributed by atoms with Crippen molar-refractivity contribution < 1.29 is 24.0 Å². The molecule has 0 aliphatic carbocycles. The summed E-state index contributed by atoms with van der Waals surface area (Å²) in [6, 6.07) is 10.4. The molecule has 0 amide bonds. The van der Waals surface area contributed by atoms with Gasteiger partial charge in [-0.1, -0.05) is 6.07 Å². The predicted octanol–water partition coefficient (Wildman–Crippen LogP) is 2.18. The zero-order valence-electron chi connectivity index (χ0n) is 19.5. The second kappa shape index (κ2) is 10.6. The quantitative estimate of drug-likeness (QED) is 0.420. The van der Waals surface area contributed by atoms with E-state index in [4.69, 9.17) is 14.1 Å². The second-order valence-electron chi connectivity index (χ2n) is 8.49. The van der Waals surface area contributed by atoms with Gasteiger partial charge in [-0.05, 0) is 51.4 Å². The zero-order valence-corrected chi connectivity index (χ0v) is 19.5. The molecule has 0 saturated carbocycles. The fraction of sp³-hybridized carbons (Fsp3) is 0.435. The highest BCUT2D eigenvalue weighted by Crippen LogP contribution is 2.26. The number of aldehydes is 1. The van der Waals surface area contributed by atoms with Crippen molar-refractivity contribution in [2.24, 2.45) is 0 Å². The lowest BCUT2D eigenvalue weighted by molar-refractivity contribution is -0.0893. The van der Waals surface area contributed by atoms with Gasteiger partial charge in [-0.3, -0.25) is 4.79 Å². The van der Waals surface area contributed by atoms with Gasteiger partial charge >= 0.3 is 7.48 Å². The number of benzene rings is 1. The van der Waals surface area contributed by atoms with E-state index in [9.17, 15) is 15.2 Å². The van der Waals surface area contributed by atoms with E-state index in [1.807, 2.05) is 11.9 Å². The van der Waals surface area contributed by atoms with Crippen LogP contribution in [0.5, 0.6) is 11.6 Å². The van der Waals surface area contributed by atoms with Crippen molar-refractivity contribution in [3.63, 3.8) is 0 Å². The maximum absolute atomic E-state index is 11.7.